The highest BCUT2D eigenvalue weighted by Crippen LogP contribution is 2.34. The van der Waals surface area contributed by atoms with Crippen LogP contribution in [0.2, 0.25) is 5.02 Å². The van der Waals surface area contributed by atoms with Gasteiger partial charge in [0.1, 0.15) is 18.2 Å². The van der Waals surface area contributed by atoms with Gasteiger partial charge in [-0.1, -0.05) is 41.9 Å². The molecule has 1 N–H and O–H groups in total. The van der Waals surface area contributed by atoms with Crippen LogP contribution in [-0.4, -0.2) is 18.1 Å². The SMILES string of the molecule is CC(NC(=O)OCc1ccccc1)C(=O)Oc1cc2oc(=O)c3c(c2cc1Cl)CCCC3. The number of benzene rings is 2. The van der Waals surface area contributed by atoms with E-state index in [9.17, 15) is 14.4 Å². The maximum absolute atomic E-state index is 12.5. The Kier molecular flexibility index (Phi) is 6.46. The molecule has 1 aliphatic carbocycles. The van der Waals surface area contributed by atoms with Gasteiger partial charge in [0.2, 0.25) is 0 Å². The van der Waals surface area contributed by atoms with E-state index in [2.05, 4.69) is 5.32 Å². The summed E-state index contributed by atoms with van der Waals surface area (Å²) in [5, 5.41) is 3.39. The van der Waals surface area contributed by atoms with Gasteiger partial charge in [0.05, 0.1) is 5.02 Å². The van der Waals surface area contributed by atoms with E-state index < -0.39 is 18.1 Å². The summed E-state index contributed by atoms with van der Waals surface area (Å²) in [4.78, 5) is 36.8. The second kappa shape index (κ2) is 9.44. The molecule has 0 fully saturated rings. The van der Waals surface area contributed by atoms with Gasteiger partial charge < -0.3 is 19.2 Å². The van der Waals surface area contributed by atoms with Crippen LogP contribution in [-0.2, 0) is 29.0 Å². The van der Waals surface area contributed by atoms with Gasteiger partial charge in [-0.25, -0.2) is 14.4 Å². The third kappa shape index (κ3) is 4.78. The molecule has 166 valence electrons. The molecule has 0 saturated carbocycles. The molecular weight excluding hydrogens is 434 g/mol. The molecule has 4 rings (SSSR count). The van der Waals surface area contributed by atoms with Gasteiger partial charge in [0.25, 0.3) is 0 Å². The smallest absolute Gasteiger partial charge is 0.408 e. The van der Waals surface area contributed by atoms with Crippen LogP contribution in [0.25, 0.3) is 11.0 Å². The van der Waals surface area contributed by atoms with Crippen molar-refractivity contribution in [2.24, 2.45) is 0 Å². The van der Waals surface area contributed by atoms with Gasteiger partial charge in [0, 0.05) is 17.0 Å². The van der Waals surface area contributed by atoms with Crippen LogP contribution in [0.1, 0.15) is 36.5 Å². The number of halogens is 1. The van der Waals surface area contributed by atoms with Crippen molar-refractivity contribution in [2.75, 3.05) is 0 Å². The molecule has 2 aromatic carbocycles. The third-order valence-electron chi connectivity index (χ3n) is 5.39. The summed E-state index contributed by atoms with van der Waals surface area (Å²) < 4.78 is 15.9. The number of amides is 1. The lowest BCUT2D eigenvalue weighted by atomic mass is 9.91. The summed E-state index contributed by atoms with van der Waals surface area (Å²) in [6, 6.07) is 11.3. The van der Waals surface area contributed by atoms with Gasteiger partial charge in [-0.15, -0.1) is 0 Å². The summed E-state index contributed by atoms with van der Waals surface area (Å²) in [5.41, 5.74) is 2.40. The Bertz CT molecular complexity index is 1220. The normalized spacial score (nSPS) is 13.8. The molecule has 0 saturated heterocycles. The zero-order valence-electron chi connectivity index (χ0n) is 17.5. The Morgan fingerprint density at radius 2 is 1.84 bits per heavy atom. The summed E-state index contributed by atoms with van der Waals surface area (Å²) >= 11 is 6.35. The number of carbonyl (C=O) groups is 2. The topological polar surface area (TPSA) is 94.8 Å². The fourth-order valence-corrected chi connectivity index (χ4v) is 3.92. The Labute approximate surface area is 189 Å². The number of fused-ring (bicyclic) bond motifs is 3. The van der Waals surface area contributed by atoms with Crippen LogP contribution >= 0.6 is 11.6 Å². The maximum Gasteiger partial charge on any atom is 0.408 e. The van der Waals surface area contributed by atoms with Gasteiger partial charge in [-0.3, -0.25) is 0 Å². The minimum Gasteiger partial charge on any atom is -0.445 e. The van der Waals surface area contributed by atoms with E-state index in [1.165, 1.54) is 13.0 Å². The maximum atomic E-state index is 12.5. The first kappa shape index (κ1) is 21.9. The number of hydrogen-bond acceptors (Lipinski definition) is 6. The molecule has 7 nitrogen and oxygen atoms in total. The predicted molar refractivity (Wildman–Crippen MR) is 119 cm³/mol. The van der Waals surface area contributed by atoms with Crippen molar-refractivity contribution in [1.29, 1.82) is 0 Å². The third-order valence-corrected chi connectivity index (χ3v) is 5.68. The Morgan fingerprint density at radius 1 is 1.12 bits per heavy atom. The minimum absolute atomic E-state index is 0.0504. The molecule has 8 heteroatoms. The van der Waals surface area contributed by atoms with Crippen LogP contribution in [0, 0.1) is 0 Å². The fourth-order valence-electron chi connectivity index (χ4n) is 3.72. The van der Waals surface area contributed by atoms with Crippen molar-refractivity contribution in [3.05, 3.63) is 74.6 Å². The number of esters is 1. The first-order chi connectivity index (χ1) is 15.4. The fraction of sp³-hybridized carbons (Fsp3) is 0.292. The van der Waals surface area contributed by atoms with Crippen LogP contribution in [0.4, 0.5) is 4.79 Å². The molecule has 1 aromatic heterocycles. The van der Waals surface area contributed by atoms with Crippen molar-refractivity contribution in [1.82, 2.24) is 5.32 Å². The molecule has 0 bridgehead atoms. The lowest BCUT2D eigenvalue weighted by Gasteiger charge is -2.17. The van der Waals surface area contributed by atoms with E-state index in [1.54, 1.807) is 6.07 Å². The lowest BCUT2D eigenvalue weighted by Crippen LogP contribution is -2.41. The number of aryl methyl sites for hydroxylation is 1. The number of rotatable bonds is 5. The van der Waals surface area contributed by atoms with Crippen LogP contribution in [0.3, 0.4) is 0 Å². The van der Waals surface area contributed by atoms with E-state index >= 15 is 0 Å². The molecule has 3 aromatic rings. The van der Waals surface area contributed by atoms with E-state index in [0.29, 0.717) is 17.6 Å². The van der Waals surface area contributed by atoms with Crippen LogP contribution in [0.15, 0.2) is 51.7 Å². The van der Waals surface area contributed by atoms with Gasteiger partial charge >= 0.3 is 17.7 Å². The zero-order chi connectivity index (χ0) is 22.7. The highest BCUT2D eigenvalue weighted by atomic mass is 35.5. The summed E-state index contributed by atoms with van der Waals surface area (Å²) in [7, 11) is 0. The largest absolute Gasteiger partial charge is 0.445 e. The van der Waals surface area contributed by atoms with E-state index in [1.807, 2.05) is 30.3 Å². The quantitative estimate of drug-likeness (QED) is 0.344. The van der Waals surface area contributed by atoms with Crippen molar-refractivity contribution < 1.29 is 23.5 Å². The Hall–Kier alpha value is -3.32. The number of hydrogen-bond donors (Lipinski definition) is 1. The molecule has 1 aliphatic rings. The molecule has 32 heavy (non-hydrogen) atoms. The summed E-state index contributed by atoms with van der Waals surface area (Å²) in [5.74, 6) is -0.683. The molecule has 1 amide bonds. The average molecular weight is 456 g/mol. The van der Waals surface area contributed by atoms with Crippen molar-refractivity contribution in [2.45, 2.75) is 45.3 Å². The predicted octanol–water partition coefficient (Wildman–Crippen LogP) is 4.55. The molecule has 0 aliphatic heterocycles. The second-order valence-corrected chi connectivity index (χ2v) is 8.09. The Morgan fingerprint density at radius 3 is 2.59 bits per heavy atom. The molecule has 1 atom stereocenters. The summed E-state index contributed by atoms with van der Waals surface area (Å²) in [6.07, 6.45) is 2.65. The lowest BCUT2D eigenvalue weighted by molar-refractivity contribution is -0.136. The van der Waals surface area contributed by atoms with Gasteiger partial charge in [-0.05, 0) is 49.8 Å². The van der Waals surface area contributed by atoms with Gasteiger partial charge in [0.15, 0.2) is 5.75 Å². The highest BCUT2D eigenvalue weighted by molar-refractivity contribution is 6.33. The molecule has 0 spiro atoms. The molecule has 1 heterocycles. The summed E-state index contributed by atoms with van der Waals surface area (Å²) in [6.45, 7) is 1.55. The highest BCUT2D eigenvalue weighted by Gasteiger charge is 2.23. The van der Waals surface area contributed by atoms with E-state index in [0.717, 1.165) is 35.8 Å². The number of nitrogens with one attached hydrogen (secondary N) is 1. The first-order valence-electron chi connectivity index (χ1n) is 10.4. The van der Waals surface area contributed by atoms with Crippen molar-refractivity contribution in [3.8, 4) is 5.75 Å². The van der Waals surface area contributed by atoms with E-state index in [-0.39, 0.29) is 23.0 Å². The number of alkyl carbamates (subject to hydrolysis) is 1. The molecule has 0 radical (unpaired) electrons. The molecular formula is C24H22ClNO6. The van der Waals surface area contributed by atoms with Crippen LogP contribution in [0.5, 0.6) is 5.75 Å². The molecule has 1 unspecified atom stereocenters. The van der Waals surface area contributed by atoms with Crippen LogP contribution < -0.4 is 15.7 Å². The second-order valence-electron chi connectivity index (χ2n) is 7.68. The van der Waals surface area contributed by atoms with Gasteiger partial charge in [-0.2, -0.15) is 0 Å². The van der Waals surface area contributed by atoms with Crippen molar-refractivity contribution >= 4 is 34.6 Å². The standard InChI is InChI=1S/C24H22ClNO6/c1-14(26-24(29)30-13-15-7-3-2-4-8-15)22(27)32-21-12-20-18(11-19(21)25)16-9-5-6-10-17(16)23(28)31-20/h2-4,7-8,11-12,14H,5-6,9-10,13H2,1H3,(H,26,29). The first-order valence-corrected chi connectivity index (χ1v) is 10.8. The zero-order valence-corrected chi connectivity index (χ0v) is 18.2. The Balaban J connectivity index is 1.44. The number of ether oxygens (including phenoxy) is 2. The van der Waals surface area contributed by atoms with E-state index in [4.69, 9.17) is 25.5 Å². The monoisotopic (exact) mass is 455 g/mol. The number of carbonyl (C=O) groups excluding carboxylic acids is 2. The van der Waals surface area contributed by atoms with Crippen molar-refractivity contribution in [3.63, 3.8) is 0 Å². The minimum atomic E-state index is -0.986. The average Bonchev–Trinajstić information content (AvgIpc) is 2.79.